The molecule has 0 spiro atoms. The van der Waals surface area contributed by atoms with Crippen LogP contribution in [0.3, 0.4) is 0 Å². The SMILES string of the molecule is N/C(Cc1ccc(OCc2ccc(F)cc2Cl)cc1)=N\O. The van der Waals surface area contributed by atoms with Crippen LogP contribution in [-0.4, -0.2) is 11.0 Å². The van der Waals surface area contributed by atoms with E-state index in [2.05, 4.69) is 5.16 Å². The highest BCUT2D eigenvalue weighted by atomic mass is 35.5. The van der Waals surface area contributed by atoms with Crippen LogP contribution in [0.2, 0.25) is 5.02 Å². The first-order chi connectivity index (χ1) is 10.1. The van der Waals surface area contributed by atoms with E-state index in [0.717, 1.165) is 5.56 Å². The fraction of sp³-hybridized carbons (Fsp3) is 0.133. The molecule has 0 saturated carbocycles. The molecule has 0 saturated heterocycles. The van der Waals surface area contributed by atoms with Crippen LogP contribution in [-0.2, 0) is 13.0 Å². The molecule has 110 valence electrons. The van der Waals surface area contributed by atoms with Gasteiger partial charge < -0.3 is 15.7 Å². The third-order valence-corrected chi connectivity index (χ3v) is 3.20. The van der Waals surface area contributed by atoms with Crippen molar-refractivity contribution in [2.45, 2.75) is 13.0 Å². The minimum atomic E-state index is -0.378. The highest BCUT2D eigenvalue weighted by Gasteiger charge is 2.04. The zero-order chi connectivity index (χ0) is 15.2. The van der Waals surface area contributed by atoms with Gasteiger partial charge in [0.25, 0.3) is 0 Å². The zero-order valence-corrected chi connectivity index (χ0v) is 11.8. The molecule has 0 aliphatic rings. The third-order valence-electron chi connectivity index (χ3n) is 2.85. The summed E-state index contributed by atoms with van der Waals surface area (Å²) in [5, 5.41) is 11.8. The Labute approximate surface area is 126 Å². The van der Waals surface area contributed by atoms with Crippen molar-refractivity contribution in [3.8, 4) is 5.75 Å². The first-order valence-corrected chi connectivity index (χ1v) is 6.58. The lowest BCUT2D eigenvalue weighted by atomic mass is 10.1. The summed E-state index contributed by atoms with van der Waals surface area (Å²) in [6, 6.07) is 11.4. The van der Waals surface area contributed by atoms with E-state index >= 15 is 0 Å². The lowest BCUT2D eigenvalue weighted by molar-refractivity contribution is 0.306. The number of ether oxygens (including phenoxy) is 1. The van der Waals surface area contributed by atoms with Crippen molar-refractivity contribution >= 4 is 17.4 Å². The minimum Gasteiger partial charge on any atom is -0.489 e. The van der Waals surface area contributed by atoms with Gasteiger partial charge in [-0.1, -0.05) is 35.0 Å². The second-order valence-electron chi connectivity index (χ2n) is 4.44. The largest absolute Gasteiger partial charge is 0.489 e. The Morgan fingerprint density at radius 3 is 2.57 bits per heavy atom. The molecule has 2 aromatic rings. The van der Waals surface area contributed by atoms with Gasteiger partial charge in [-0.3, -0.25) is 0 Å². The van der Waals surface area contributed by atoms with Crippen LogP contribution in [0.15, 0.2) is 47.6 Å². The van der Waals surface area contributed by atoms with E-state index in [1.165, 1.54) is 12.1 Å². The highest BCUT2D eigenvalue weighted by Crippen LogP contribution is 2.20. The van der Waals surface area contributed by atoms with Crippen LogP contribution in [0, 0.1) is 5.82 Å². The molecule has 0 atom stereocenters. The normalized spacial score (nSPS) is 11.4. The topological polar surface area (TPSA) is 67.8 Å². The maximum absolute atomic E-state index is 12.9. The molecule has 4 nitrogen and oxygen atoms in total. The Morgan fingerprint density at radius 1 is 1.24 bits per heavy atom. The number of nitrogens with zero attached hydrogens (tertiary/aromatic N) is 1. The molecule has 3 N–H and O–H groups in total. The van der Waals surface area contributed by atoms with Gasteiger partial charge in [-0.2, -0.15) is 0 Å². The highest BCUT2D eigenvalue weighted by molar-refractivity contribution is 6.31. The molecule has 0 fully saturated rings. The van der Waals surface area contributed by atoms with Gasteiger partial charge >= 0.3 is 0 Å². The lowest BCUT2D eigenvalue weighted by Gasteiger charge is -2.08. The molecule has 0 bridgehead atoms. The van der Waals surface area contributed by atoms with Gasteiger partial charge in [0.1, 0.15) is 24.0 Å². The van der Waals surface area contributed by atoms with Gasteiger partial charge in [-0.25, -0.2) is 4.39 Å². The van der Waals surface area contributed by atoms with Crippen LogP contribution in [0.5, 0.6) is 5.75 Å². The number of halogens is 2. The molecule has 0 aliphatic carbocycles. The maximum Gasteiger partial charge on any atom is 0.143 e. The zero-order valence-electron chi connectivity index (χ0n) is 11.1. The van der Waals surface area contributed by atoms with Crippen molar-refractivity contribution in [3.63, 3.8) is 0 Å². The molecule has 2 aromatic carbocycles. The molecule has 21 heavy (non-hydrogen) atoms. The first kappa shape index (κ1) is 15.1. The van der Waals surface area contributed by atoms with Gasteiger partial charge in [0.15, 0.2) is 0 Å². The Balaban J connectivity index is 1.97. The van der Waals surface area contributed by atoms with E-state index in [4.69, 9.17) is 27.3 Å². The fourth-order valence-corrected chi connectivity index (χ4v) is 1.97. The Kier molecular flexibility index (Phi) is 5.00. The van der Waals surface area contributed by atoms with E-state index in [-0.39, 0.29) is 18.3 Å². The predicted octanol–water partition coefficient (Wildman–Crippen LogP) is 3.35. The van der Waals surface area contributed by atoms with Crippen molar-refractivity contribution in [1.29, 1.82) is 0 Å². The number of rotatable bonds is 5. The molecule has 0 heterocycles. The maximum atomic E-state index is 12.9. The average molecular weight is 309 g/mol. The van der Waals surface area contributed by atoms with Crippen LogP contribution in [0.1, 0.15) is 11.1 Å². The van der Waals surface area contributed by atoms with Gasteiger partial charge in [0.2, 0.25) is 0 Å². The number of amidine groups is 1. The van der Waals surface area contributed by atoms with Crippen molar-refractivity contribution in [2.75, 3.05) is 0 Å². The number of oxime groups is 1. The minimum absolute atomic E-state index is 0.141. The predicted molar refractivity (Wildman–Crippen MR) is 79.3 cm³/mol. The molecular formula is C15H14ClFN2O2. The third kappa shape index (κ3) is 4.36. The van der Waals surface area contributed by atoms with Crippen LogP contribution < -0.4 is 10.5 Å². The number of benzene rings is 2. The second kappa shape index (κ2) is 6.95. The standard InChI is InChI=1S/C15H14ClFN2O2/c16-14-8-12(17)4-3-11(14)9-21-13-5-1-10(2-6-13)7-15(18)19-20/h1-6,8,20H,7,9H2,(H2,18,19). The van der Waals surface area contributed by atoms with E-state index in [1.54, 1.807) is 18.2 Å². The van der Waals surface area contributed by atoms with E-state index < -0.39 is 0 Å². The molecule has 6 heteroatoms. The van der Waals surface area contributed by atoms with Crippen molar-refractivity contribution in [1.82, 2.24) is 0 Å². The molecule has 0 aromatic heterocycles. The lowest BCUT2D eigenvalue weighted by Crippen LogP contribution is -2.14. The fourth-order valence-electron chi connectivity index (χ4n) is 1.75. The van der Waals surface area contributed by atoms with Crippen LogP contribution in [0.25, 0.3) is 0 Å². The first-order valence-electron chi connectivity index (χ1n) is 6.20. The van der Waals surface area contributed by atoms with Gasteiger partial charge in [0, 0.05) is 12.0 Å². The summed E-state index contributed by atoms with van der Waals surface area (Å²) in [5.74, 6) is 0.414. The summed E-state index contributed by atoms with van der Waals surface area (Å²) < 4.78 is 18.5. The molecule has 0 aliphatic heterocycles. The van der Waals surface area contributed by atoms with Crippen molar-refractivity contribution in [3.05, 3.63) is 64.4 Å². The van der Waals surface area contributed by atoms with Crippen molar-refractivity contribution in [2.24, 2.45) is 10.9 Å². The van der Waals surface area contributed by atoms with E-state index in [9.17, 15) is 4.39 Å². The van der Waals surface area contributed by atoms with Crippen LogP contribution >= 0.6 is 11.6 Å². The quantitative estimate of drug-likeness (QED) is 0.385. The summed E-state index contributed by atoms with van der Waals surface area (Å²) in [4.78, 5) is 0. The Morgan fingerprint density at radius 2 is 1.95 bits per heavy atom. The molecular weight excluding hydrogens is 295 g/mol. The smallest absolute Gasteiger partial charge is 0.143 e. The van der Waals surface area contributed by atoms with Gasteiger partial charge in [-0.15, -0.1) is 0 Å². The average Bonchev–Trinajstić information content (AvgIpc) is 2.48. The number of hydrogen-bond acceptors (Lipinski definition) is 3. The summed E-state index contributed by atoms with van der Waals surface area (Å²) in [7, 11) is 0. The molecule has 2 rings (SSSR count). The van der Waals surface area contributed by atoms with Crippen LogP contribution in [0.4, 0.5) is 4.39 Å². The summed E-state index contributed by atoms with van der Waals surface area (Å²) in [5.41, 5.74) is 7.04. The Bertz CT molecular complexity index is 645. The summed E-state index contributed by atoms with van der Waals surface area (Å²) >= 11 is 5.92. The number of hydrogen-bond donors (Lipinski definition) is 2. The van der Waals surface area contributed by atoms with Gasteiger partial charge in [-0.05, 0) is 29.8 Å². The number of nitrogens with two attached hydrogens (primary N) is 1. The second-order valence-corrected chi connectivity index (χ2v) is 4.84. The van der Waals surface area contributed by atoms with E-state index in [0.29, 0.717) is 22.8 Å². The molecule has 0 amide bonds. The molecule has 0 unspecified atom stereocenters. The Hall–Kier alpha value is -2.27. The summed E-state index contributed by atoms with van der Waals surface area (Å²) in [6.45, 7) is 0.249. The van der Waals surface area contributed by atoms with Crippen molar-refractivity contribution < 1.29 is 14.3 Å². The molecule has 0 radical (unpaired) electrons. The van der Waals surface area contributed by atoms with E-state index in [1.807, 2.05) is 12.1 Å². The monoisotopic (exact) mass is 308 g/mol. The van der Waals surface area contributed by atoms with Gasteiger partial charge in [0.05, 0.1) is 5.02 Å². The summed E-state index contributed by atoms with van der Waals surface area (Å²) in [6.07, 6.45) is 0.362.